The summed E-state index contributed by atoms with van der Waals surface area (Å²) in [4.78, 5) is 4.27. The molecule has 0 amide bonds. The lowest BCUT2D eigenvalue weighted by Crippen LogP contribution is -2.18. The van der Waals surface area contributed by atoms with E-state index in [-0.39, 0.29) is 0 Å². The van der Waals surface area contributed by atoms with E-state index in [9.17, 15) is 0 Å². The van der Waals surface area contributed by atoms with Crippen molar-refractivity contribution >= 4 is 11.6 Å². The molecule has 0 aliphatic rings. The highest BCUT2D eigenvalue weighted by molar-refractivity contribution is 6.33. The van der Waals surface area contributed by atoms with Gasteiger partial charge in [-0.25, -0.2) is 0 Å². The summed E-state index contributed by atoms with van der Waals surface area (Å²) in [6, 6.07) is 7.40. The highest BCUT2D eigenvalue weighted by Crippen LogP contribution is 2.24. The molecule has 1 aromatic heterocycles. The Kier molecular flexibility index (Phi) is 4.69. The Bertz CT molecular complexity index is 502. The van der Waals surface area contributed by atoms with Crippen LogP contribution in [0, 0.1) is 0 Å². The molecule has 2 aromatic rings. The molecule has 0 unspecified atom stereocenters. The Morgan fingerprint density at radius 2 is 2.22 bits per heavy atom. The molecule has 1 aromatic carbocycles. The summed E-state index contributed by atoms with van der Waals surface area (Å²) in [5, 5.41) is 7.64. The second kappa shape index (κ2) is 6.49. The Morgan fingerprint density at radius 3 is 3.00 bits per heavy atom. The monoisotopic (exact) mass is 267 g/mol. The average molecular weight is 268 g/mol. The minimum atomic E-state index is 0.504. The van der Waals surface area contributed by atoms with Crippen LogP contribution in [0.5, 0.6) is 0 Å². The molecule has 0 bridgehead atoms. The maximum atomic E-state index is 6.06. The lowest BCUT2D eigenvalue weighted by atomic mass is 10.2. The minimum absolute atomic E-state index is 0.504. The number of hydrogen-bond donors (Lipinski definition) is 1. The standard InChI is InChI=1S/C12H14ClN3O2/c1-17-7-6-14-8-11-15-12(16-18-11)9-4-2-3-5-10(9)13/h2-5,14H,6-8H2,1H3. The number of nitrogens with one attached hydrogen (secondary N) is 1. The van der Waals surface area contributed by atoms with Crippen molar-refractivity contribution in [2.24, 2.45) is 0 Å². The minimum Gasteiger partial charge on any atom is -0.383 e. The second-order valence-electron chi connectivity index (χ2n) is 3.66. The number of nitrogens with zero attached hydrogens (tertiary/aromatic N) is 2. The Labute approximate surface area is 110 Å². The van der Waals surface area contributed by atoms with Crippen molar-refractivity contribution in [3.8, 4) is 11.4 Å². The van der Waals surface area contributed by atoms with Crippen LogP contribution in [0.2, 0.25) is 5.02 Å². The van der Waals surface area contributed by atoms with Gasteiger partial charge < -0.3 is 14.6 Å². The van der Waals surface area contributed by atoms with Crippen LogP contribution in [-0.4, -0.2) is 30.4 Å². The molecular weight excluding hydrogens is 254 g/mol. The summed E-state index contributed by atoms with van der Waals surface area (Å²) >= 11 is 6.06. The molecule has 5 nitrogen and oxygen atoms in total. The number of aromatic nitrogens is 2. The molecule has 6 heteroatoms. The van der Waals surface area contributed by atoms with Crippen molar-refractivity contribution in [3.63, 3.8) is 0 Å². The zero-order valence-electron chi connectivity index (χ0n) is 10.0. The third-order valence-corrected chi connectivity index (χ3v) is 2.67. The van der Waals surface area contributed by atoms with Crippen LogP contribution in [0.1, 0.15) is 5.89 Å². The number of rotatable bonds is 6. The maximum absolute atomic E-state index is 6.06. The van der Waals surface area contributed by atoms with Gasteiger partial charge >= 0.3 is 0 Å². The molecule has 0 atom stereocenters. The zero-order chi connectivity index (χ0) is 12.8. The highest BCUT2D eigenvalue weighted by Gasteiger charge is 2.10. The SMILES string of the molecule is COCCNCc1nc(-c2ccccc2Cl)no1. The van der Waals surface area contributed by atoms with Crippen LogP contribution in [-0.2, 0) is 11.3 Å². The Hall–Kier alpha value is -1.43. The van der Waals surface area contributed by atoms with Gasteiger partial charge in [-0.05, 0) is 12.1 Å². The summed E-state index contributed by atoms with van der Waals surface area (Å²) in [6.45, 7) is 1.90. The second-order valence-corrected chi connectivity index (χ2v) is 4.07. The third-order valence-electron chi connectivity index (χ3n) is 2.34. The largest absolute Gasteiger partial charge is 0.383 e. The quantitative estimate of drug-likeness (QED) is 0.813. The van der Waals surface area contributed by atoms with Gasteiger partial charge in [0.05, 0.1) is 18.2 Å². The summed E-state index contributed by atoms with van der Waals surface area (Å²) in [5.41, 5.74) is 0.769. The molecule has 1 N–H and O–H groups in total. The summed E-state index contributed by atoms with van der Waals surface area (Å²) in [5.74, 6) is 1.03. The van der Waals surface area contributed by atoms with E-state index in [0.717, 1.165) is 12.1 Å². The predicted molar refractivity (Wildman–Crippen MR) is 68.3 cm³/mol. The molecule has 0 fully saturated rings. The van der Waals surface area contributed by atoms with E-state index >= 15 is 0 Å². The van der Waals surface area contributed by atoms with Crippen LogP contribution in [0.15, 0.2) is 28.8 Å². The van der Waals surface area contributed by atoms with E-state index in [1.807, 2.05) is 18.2 Å². The van der Waals surface area contributed by atoms with Crippen molar-refractivity contribution in [1.82, 2.24) is 15.5 Å². The fraction of sp³-hybridized carbons (Fsp3) is 0.333. The number of halogens is 1. The van der Waals surface area contributed by atoms with Gasteiger partial charge in [0, 0.05) is 19.2 Å². The first-order valence-electron chi connectivity index (χ1n) is 5.58. The van der Waals surface area contributed by atoms with Crippen LogP contribution in [0.25, 0.3) is 11.4 Å². The molecule has 0 spiro atoms. The van der Waals surface area contributed by atoms with Gasteiger partial charge in [-0.2, -0.15) is 4.98 Å². The van der Waals surface area contributed by atoms with Crippen molar-refractivity contribution < 1.29 is 9.26 Å². The molecule has 2 rings (SSSR count). The number of methoxy groups -OCH3 is 1. The number of hydrogen-bond acceptors (Lipinski definition) is 5. The maximum Gasteiger partial charge on any atom is 0.240 e. The summed E-state index contributed by atoms with van der Waals surface area (Å²) in [6.07, 6.45) is 0. The van der Waals surface area contributed by atoms with E-state index < -0.39 is 0 Å². The molecule has 0 saturated heterocycles. The Balaban J connectivity index is 2.00. The van der Waals surface area contributed by atoms with Gasteiger partial charge in [0.15, 0.2) is 0 Å². The van der Waals surface area contributed by atoms with Crippen LogP contribution >= 0.6 is 11.6 Å². The van der Waals surface area contributed by atoms with Crippen molar-refractivity contribution in [1.29, 1.82) is 0 Å². The first-order chi connectivity index (χ1) is 8.81. The normalized spacial score (nSPS) is 10.8. The molecule has 96 valence electrons. The molecular formula is C12H14ClN3O2. The van der Waals surface area contributed by atoms with Crippen molar-refractivity contribution in [2.45, 2.75) is 6.54 Å². The molecule has 0 aliphatic heterocycles. The van der Waals surface area contributed by atoms with Crippen LogP contribution in [0.4, 0.5) is 0 Å². The van der Waals surface area contributed by atoms with Gasteiger partial charge in [-0.3, -0.25) is 0 Å². The van der Waals surface area contributed by atoms with Gasteiger partial charge in [0.25, 0.3) is 0 Å². The van der Waals surface area contributed by atoms with Gasteiger partial charge in [-0.15, -0.1) is 0 Å². The molecule has 18 heavy (non-hydrogen) atoms. The van der Waals surface area contributed by atoms with Gasteiger partial charge in [0.1, 0.15) is 0 Å². The highest BCUT2D eigenvalue weighted by atomic mass is 35.5. The summed E-state index contributed by atoms with van der Waals surface area (Å²) in [7, 11) is 1.66. The van der Waals surface area contributed by atoms with Crippen molar-refractivity contribution in [3.05, 3.63) is 35.2 Å². The average Bonchev–Trinajstić information content (AvgIpc) is 2.84. The molecule has 0 aliphatic carbocycles. The van der Waals surface area contributed by atoms with Crippen LogP contribution in [0.3, 0.4) is 0 Å². The lowest BCUT2D eigenvalue weighted by Gasteiger charge is -1.99. The zero-order valence-corrected chi connectivity index (χ0v) is 10.8. The first-order valence-corrected chi connectivity index (χ1v) is 5.96. The lowest BCUT2D eigenvalue weighted by molar-refractivity contribution is 0.197. The molecule has 0 saturated carbocycles. The molecule has 1 heterocycles. The molecule has 0 radical (unpaired) electrons. The fourth-order valence-electron chi connectivity index (χ4n) is 1.45. The number of ether oxygens (including phenoxy) is 1. The van der Waals surface area contributed by atoms with Gasteiger partial charge in [-0.1, -0.05) is 28.9 Å². The fourth-order valence-corrected chi connectivity index (χ4v) is 1.67. The van der Waals surface area contributed by atoms with Gasteiger partial charge in [0.2, 0.25) is 11.7 Å². The smallest absolute Gasteiger partial charge is 0.240 e. The van der Waals surface area contributed by atoms with E-state index in [4.69, 9.17) is 20.9 Å². The first kappa shape index (κ1) is 13.0. The summed E-state index contributed by atoms with van der Waals surface area (Å²) < 4.78 is 10.1. The number of benzene rings is 1. The van der Waals surface area contributed by atoms with Crippen LogP contribution < -0.4 is 5.32 Å². The Morgan fingerprint density at radius 1 is 1.39 bits per heavy atom. The van der Waals surface area contributed by atoms with Crippen molar-refractivity contribution in [2.75, 3.05) is 20.3 Å². The van der Waals surface area contributed by atoms with E-state index in [2.05, 4.69) is 15.5 Å². The topological polar surface area (TPSA) is 60.2 Å². The van der Waals surface area contributed by atoms with E-state index in [1.165, 1.54) is 0 Å². The van der Waals surface area contributed by atoms with E-state index in [0.29, 0.717) is 29.9 Å². The third kappa shape index (κ3) is 3.29. The predicted octanol–water partition coefficient (Wildman–Crippen LogP) is 2.13. The van der Waals surface area contributed by atoms with E-state index in [1.54, 1.807) is 13.2 Å².